The zero-order valence-electron chi connectivity index (χ0n) is 15.9. The van der Waals surface area contributed by atoms with Crippen molar-refractivity contribution in [1.82, 2.24) is 9.62 Å². The fourth-order valence-corrected chi connectivity index (χ4v) is 4.92. The first-order valence-corrected chi connectivity index (χ1v) is 9.91. The van der Waals surface area contributed by atoms with Crippen molar-refractivity contribution in [2.75, 3.05) is 20.6 Å². The van der Waals surface area contributed by atoms with E-state index >= 15 is 0 Å². The van der Waals surface area contributed by atoms with Gasteiger partial charge in [-0.2, -0.15) is 0 Å². The Bertz CT molecular complexity index is 817. The molecule has 0 bridgehead atoms. The van der Waals surface area contributed by atoms with E-state index in [0.717, 1.165) is 27.8 Å². The lowest BCUT2D eigenvalue weighted by Crippen LogP contribution is -2.36. The highest BCUT2D eigenvalue weighted by Gasteiger charge is 2.26. The second-order valence-electron chi connectivity index (χ2n) is 6.94. The van der Waals surface area contributed by atoms with Crippen LogP contribution in [0.25, 0.3) is 0 Å². The third kappa shape index (κ3) is 4.48. The van der Waals surface area contributed by atoms with Gasteiger partial charge >= 0.3 is 0 Å². The van der Waals surface area contributed by atoms with E-state index in [0.29, 0.717) is 11.4 Å². The molecule has 0 amide bonds. The van der Waals surface area contributed by atoms with Crippen molar-refractivity contribution < 1.29 is 8.42 Å². The van der Waals surface area contributed by atoms with Gasteiger partial charge in [0.25, 0.3) is 0 Å². The molecule has 0 spiro atoms. The van der Waals surface area contributed by atoms with E-state index in [4.69, 9.17) is 0 Å². The molecule has 1 atom stereocenters. The van der Waals surface area contributed by atoms with Crippen LogP contribution >= 0.6 is 0 Å². The minimum atomic E-state index is -3.64. The van der Waals surface area contributed by atoms with Gasteiger partial charge in [-0.05, 0) is 69.6 Å². The normalized spacial score (nSPS) is 13.2. The molecular formula is C20H28N2O2S. The Hall–Kier alpha value is -1.69. The van der Waals surface area contributed by atoms with Crippen molar-refractivity contribution in [3.8, 4) is 0 Å². The van der Waals surface area contributed by atoms with E-state index in [2.05, 4.69) is 4.72 Å². The summed E-state index contributed by atoms with van der Waals surface area (Å²) in [5.41, 5.74) is 4.57. The average Bonchev–Trinajstić information content (AvgIpc) is 2.52. The lowest BCUT2D eigenvalue weighted by Gasteiger charge is -2.24. The Morgan fingerprint density at radius 1 is 0.960 bits per heavy atom. The third-order valence-corrected chi connectivity index (χ3v) is 6.36. The number of sulfonamides is 1. The molecule has 0 aliphatic rings. The quantitative estimate of drug-likeness (QED) is 0.858. The Kier molecular flexibility index (Phi) is 6.03. The van der Waals surface area contributed by atoms with E-state index in [1.54, 1.807) is 0 Å². The molecule has 0 aliphatic heterocycles. The molecule has 0 aromatic heterocycles. The zero-order chi connectivity index (χ0) is 18.8. The second kappa shape index (κ2) is 7.68. The van der Waals surface area contributed by atoms with Crippen molar-refractivity contribution in [2.45, 2.75) is 38.6 Å². The van der Waals surface area contributed by atoms with Crippen molar-refractivity contribution in [3.63, 3.8) is 0 Å². The summed E-state index contributed by atoms with van der Waals surface area (Å²) in [6.45, 7) is 8.25. The fourth-order valence-electron chi connectivity index (χ4n) is 3.09. The number of aryl methyl sites for hydroxylation is 2. The van der Waals surface area contributed by atoms with Gasteiger partial charge in [-0.15, -0.1) is 0 Å². The first kappa shape index (κ1) is 19.6. The number of rotatable bonds is 6. The van der Waals surface area contributed by atoms with Crippen molar-refractivity contribution in [1.29, 1.82) is 0 Å². The van der Waals surface area contributed by atoms with Gasteiger partial charge in [0.1, 0.15) is 0 Å². The van der Waals surface area contributed by atoms with E-state index in [1.807, 2.05) is 83.1 Å². The highest BCUT2D eigenvalue weighted by atomic mass is 32.2. The molecule has 0 radical (unpaired) electrons. The fraction of sp³-hybridized carbons (Fsp3) is 0.400. The predicted molar refractivity (Wildman–Crippen MR) is 103 cm³/mol. The van der Waals surface area contributed by atoms with Gasteiger partial charge < -0.3 is 4.90 Å². The maximum Gasteiger partial charge on any atom is 0.241 e. The van der Waals surface area contributed by atoms with Gasteiger partial charge in [0, 0.05) is 6.54 Å². The molecule has 0 saturated heterocycles. The van der Waals surface area contributed by atoms with Gasteiger partial charge in [0.15, 0.2) is 0 Å². The number of hydrogen-bond donors (Lipinski definition) is 1. The van der Waals surface area contributed by atoms with E-state index in [-0.39, 0.29) is 6.04 Å². The molecule has 2 aromatic carbocycles. The topological polar surface area (TPSA) is 49.4 Å². The van der Waals surface area contributed by atoms with Gasteiger partial charge in [-0.25, -0.2) is 13.1 Å². The summed E-state index contributed by atoms with van der Waals surface area (Å²) in [4.78, 5) is 2.39. The van der Waals surface area contributed by atoms with Crippen LogP contribution in [0.5, 0.6) is 0 Å². The number of likely N-dealkylation sites (N-methyl/N-ethyl adjacent to an activating group) is 1. The summed E-state index contributed by atoms with van der Waals surface area (Å²) in [5.74, 6) is 0. The summed E-state index contributed by atoms with van der Waals surface area (Å²) in [6, 6.07) is 11.4. The van der Waals surface area contributed by atoms with E-state index in [9.17, 15) is 8.42 Å². The zero-order valence-corrected chi connectivity index (χ0v) is 16.7. The van der Waals surface area contributed by atoms with Gasteiger partial charge in [0.2, 0.25) is 10.0 Å². The van der Waals surface area contributed by atoms with Crippen LogP contribution in [0.1, 0.15) is 33.9 Å². The predicted octanol–water partition coefficient (Wildman–Crippen LogP) is 3.50. The number of benzene rings is 2. The van der Waals surface area contributed by atoms with Crippen LogP contribution in [0.15, 0.2) is 41.3 Å². The molecule has 0 fully saturated rings. The molecule has 2 aromatic rings. The number of nitrogens with zero attached hydrogens (tertiary/aromatic N) is 1. The molecule has 0 heterocycles. The molecular weight excluding hydrogens is 332 g/mol. The Morgan fingerprint density at radius 3 is 1.96 bits per heavy atom. The second-order valence-corrected chi connectivity index (χ2v) is 8.59. The highest BCUT2D eigenvalue weighted by Crippen LogP contribution is 2.27. The number of hydrogen-bond acceptors (Lipinski definition) is 3. The minimum Gasteiger partial charge on any atom is -0.307 e. The molecule has 5 heteroatoms. The molecule has 4 nitrogen and oxygen atoms in total. The lowest BCUT2D eigenvalue weighted by atomic mass is 10.0. The van der Waals surface area contributed by atoms with Gasteiger partial charge in [-0.1, -0.05) is 36.4 Å². The SMILES string of the molecule is Cc1cc(C)c(C)c(S(=O)(=O)NC(CN(C)C)c2ccccc2)c1C. The maximum atomic E-state index is 13.2. The van der Waals surface area contributed by atoms with E-state index in [1.165, 1.54) is 0 Å². The average molecular weight is 361 g/mol. The van der Waals surface area contributed by atoms with Crippen LogP contribution in [0.2, 0.25) is 0 Å². The third-order valence-electron chi connectivity index (χ3n) is 4.61. The van der Waals surface area contributed by atoms with Crippen LogP contribution in [-0.2, 0) is 10.0 Å². The smallest absolute Gasteiger partial charge is 0.241 e. The maximum absolute atomic E-state index is 13.2. The van der Waals surface area contributed by atoms with E-state index < -0.39 is 10.0 Å². The van der Waals surface area contributed by atoms with Crippen LogP contribution in [0, 0.1) is 27.7 Å². The van der Waals surface area contributed by atoms with Gasteiger partial charge in [0.05, 0.1) is 10.9 Å². The summed E-state index contributed by atoms with van der Waals surface area (Å²) in [7, 11) is 0.248. The first-order valence-electron chi connectivity index (χ1n) is 8.43. The summed E-state index contributed by atoms with van der Waals surface area (Å²) in [5, 5.41) is 0. The summed E-state index contributed by atoms with van der Waals surface area (Å²) in [6.07, 6.45) is 0. The van der Waals surface area contributed by atoms with Crippen LogP contribution in [0.4, 0.5) is 0 Å². The Morgan fingerprint density at radius 2 is 1.48 bits per heavy atom. The lowest BCUT2D eigenvalue weighted by molar-refractivity contribution is 0.363. The van der Waals surface area contributed by atoms with Crippen molar-refractivity contribution in [3.05, 3.63) is 64.2 Å². The summed E-state index contributed by atoms with van der Waals surface area (Å²) >= 11 is 0. The van der Waals surface area contributed by atoms with Crippen molar-refractivity contribution in [2.24, 2.45) is 0 Å². The minimum absolute atomic E-state index is 0.305. The van der Waals surface area contributed by atoms with Crippen LogP contribution in [-0.4, -0.2) is 34.0 Å². The molecule has 1 N–H and O–H groups in total. The Balaban J connectivity index is 2.49. The molecule has 0 saturated carbocycles. The molecule has 2 rings (SSSR count). The largest absolute Gasteiger partial charge is 0.307 e. The Labute approximate surface area is 151 Å². The monoisotopic (exact) mass is 360 g/mol. The molecule has 1 unspecified atom stereocenters. The molecule has 25 heavy (non-hydrogen) atoms. The molecule has 0 aliphatic carbocycles. The standard InChI is InChI=1S/C20H28N2O2S/c1-14-12-15(2)17(4)20(16(14)3)25(23,24)21-19(13-22(5)6)18-10-8-7-9-11-18/h7-12,19,21H,13H2,1-6H3. The number of nitrogens with one attached hydrogen (secondary N) is 1. The molecule has 136 valence electrons. The summed E-state index contributed by atoms with van der Waals surface area (Å²) < 4.78 is 29.4. The van der Waals surface area contributed by atoms with Crippen molar-refractivity contribution >= 4 is 10.0 Å². The van der Waals surface area contributed by atoms with Gasteiger partial charge in [-0.3, -0.25) is 0 Å². The van der Waals surface area contributed by atoms with Crippen LogP contribution in [0.3, 0.4) is 0 Å². The van der Waals surface area contributed by atoms with Crippen LogP contribution < -0.4 is 4.72 Å². The first-order chi connectivity index (χ1) is 11.6. The highest BCUT2D eigenvalue weighted by molar-refractivity contribution is 7.89.